The van der Waals surface area contributed by atoms with Gasteiger partial charge >= 0.3 is 0 Å². The molecule has 0 aliphatic rings. The number of rotatable bonds is 5. The van der Waals surface area contributed by atoms with Gasteiger partial charge in [-0.05, 0) is 24.1 Å². The van der Waals surface area contributed by atoms with Gasteiger partial charge in [0.15, 0.2) is 0 Å². The van der Waals surface area contributed by atoms with Crippen LogP contribution in [0.25, 0.3) is 0 Å². The number of aromatic hydroxyl groups is 1. The SMILES string of the molecule is CCC(N)CS(=O)Cc1cccc(O)c1. The smallest absolute Gasteiger partial charge is 0.115 e. The van der Waals surface area contributed by atoms with Gasteiger partial charge in [0.2, 0.25) is 0 Å². The van der Waals surface area contributed by atoms with Crippen LogP contribution in [0, 0.1) is 0 Å². The van der Waals surface area contributed by atoms with Crippen LogP contribution in [0.15, 0.2) is 24.3 Å². The van der Waals surface area contributed by atoms with Gasteiger partial charge in [-0.3, -0.25) is 4.21 Å². The summed E-state index contributed by atoms with van der Waals surface area (Å²) in [6.07, 6.45) is 0.839. The maximum atomic E-state index is 11.6. The van der Waals surface area contributed by atoms with Crippen LogP contribution in [0.5, 0.6) is 5.75 Å². The first kappa shape index (κ1) is 12.2. The van der Waals surface area contributed by atoms with Gasteiger partial charge in [-0.15, -0.1) is 0 Å². The molecule has 0 amide bonds. The van der Waals surface area contributed by atoms with E-state index in [0.717, 1.165) is 12.0 Å². The number of nitrogens with two attached hydrogens (primary N) is 1. The van der Waals surface area contributed by atoms with Crippen molar-refractivity contribution in [1.29, 1.82) is 0 Å². The summed E-state index contributed by atoms with van der Waals surface area (Å²) in [5.74, 6) is 1.19. The summed E-state index contributed by atoms with van der Waals surface area (Å²) in [6, 6.07) is 6.85. The van der Waals surface area contributed by atoms with E-state index in [1.54, 1.807) is 18.2 Å². The van der Waals surface area contributed by atoms with Crippen LogP contribution >= 0.6 is 0 Å². The molecule has 0 saturated carbocycles. The molecule has 1 rings (SSSR count). The van der Waals surface area contributed by atoms with Gasteiger partial charge in [0.25, 0.3) is 0 Å². The summed E-state index contributed by atoms with van der Waals surface area (Å²) in [5, 5.41) is 9.23. The fraction of sp³-hybridized carbons (Fsp3) is 0.455. The lowest BCUT2D eigenvalue weighted by molar-refractivity contribution is 0.475. The maximum absolute atomic E-state index is 11.6. The topological polar surface area (TPSA) is 63.3 Å². The molecule has 2 atom stereocenters. The van der Waals surface area contributed by atoms with Crippen LogP contribution in [0.2, 0.25) is 0 Å². The Morgan fingerprint density at radius 3 is 2.87 bits per heavy atom. The van der Waals surface area contributed by atoms with Crippen LogP contribution in [-0.2, 0) is 16.6 Å². The van der Waals surface area contributed by atoms with Crippen LogP contribution < -0.4 is 5.73 Å². The van der Waals surface area contributed by atoms with E-state index < -0.39 is 10.8 Å². The highest BCUT2D eigenvalue weighted by Gasteiger charge is 2.07. The first-order valence-corrected chi connectivity index (χ1v) is 6.49. The minimum Gasteiger partial charge on any atom is -0.508 e. The van der Waals surface area contributed by atoms with Crippen molar-refractivity contribution in [1.82, 2.24) is 0 Å². The molecule has 1 aromatic carbocycles. The fourth-order valence-electron chi connectivity index (χ4n) is 1.25. The molecule has 0 aromatic heterocycles. The predicted octanol–water partition coefficient (Wildman–Crippen LogP) is 1.38. The van der Waals surface area contributed by atoms with E-state index in [-0.39, 0.29) is 11.8 Å². The number of hydrogen-bond acceptors (Lipinski definition) is 3. The molecule has 0 bridgehead atoms. The van der Waals surface area contributed by atoms with E-state index in [4.69, 9.17) is 5.73 Å². The first-order valence-electron chi connectivity index (χ1n) is 5.00. The van der Waals surface area contributed by atoms with Gasteiger partial charge in [0.05, 0.1) is 0 Å². The molecule has 1 aromatic rings. The summed E-state index contributed by atoms with van der Waals surface area (Å²) < 4.78 is 11.6. The van der Waals surface area contributed by atoms with Crippen LogP contribution in [0.1, 0.15) is 18.9 Å². The summed E-state index contributed by atoms with van der Waals surface area (Å²) in [4.78, 5) is 0. The van der Waals surface area contributed by atoms with Gasteiger partial charge in [0, 0.05) is 28.3 Å². The summed E-state index contributed by atoms with van der Waals surface area (Å²) in [6.45, 7) is 1.98. The molecule has 84 valence electrons. The Bertz CT molecular complexity index is 341. The van der Waals surface area contributed by atoms with Gasteiger partial charge in [0.1, 0.15) is 5.75 Å². The summed E-state index contributed by atoms with van der Waals surface area (Å²) in [7, 11) is -0.945. The van der Waals surface area contributed by atoms with Crippen molar-refractivity contribution in [3.63, 3.8) is 0 Å². The van der Waals surface area contributed by atoms with Crippen molar-refractivity contribution in [3.8, 4) is 5.75 Å². The number of phenolic OH excluding ortho intramolecular Hbond substituents is 1. The normalized spacial score (nSPS) is 14.8. The molecule has 0 saturated heterocycles. The zero-order chi connectivity index (χ0) is 11.3. The van der Waals surface area contributed by atoms with E-state index in [1.165, 1.54) is 0 Å². The van der Waals surface area contributed by atoms with Crippen molar-refractivity contribution in [2.45, 2.75) is 25.1 Å². The molecule has 2 unspecified atom stereocenters. The van der Waals surface area contributed by atoms with Crippen molar-refractivity contribution in [3.05, 3.63) is 29.8 Å². The van der Waals surface area contributed by atoms with Gasteiger partial charge < -0.3 is 10.8 Å². The second kappa shape index (κ2) is 5.88. The first-order chi connectivity index (χ1) is 7.11. The maximum Gasteiger partial charge on any atom is 0.115 e. The lowest BCUT2D eigenvalue weighted by atomic mass is 10.2. The molecule has 3 N–H and O–H groups in total. The van der Waals surface area contributed by atoms with Crippen molar-refractivity contribution >= 4 is 10.8 Å². The van der Waals surface area contributed by atoms with Crippen molar-refractivity contribution in [2.24, 2.45) is 5.73 Å². The van der Waals surface area contributed by atoms with E-state index in [1.807, 2.05) is 13.0 Å². The molecule has 3 nitrogen and oxygen atoms in total. The molecular formula is C11H17NO2S. The van der Waals surface area contributed by atoms with E-state index in [9.17, 15) is 9.32 Å². The molecule has 0 radical (unpaired) electrons. The Morgan fingerprint density at radius 2 is 2.27 bits per heavy atom. The highest BCUT2D eigenvalue weighted by atomic mass is 32.2. The molecule has 0 aliphatic carbocycles. The zero-order valence-electron chi connectivity index (χ0n) is 8.85. The molecule has 0 heterocycles. The van der Waals surface area contributed by atoms with Gasteiger partial charge in [-0.25, -0.2) is 0 Å². The quantitative estimate of drug-likeness (QED) is 0.798. The van der Waals surface area contributed by atoms with E-state index in [0.29, 0.717) is 11.5 Å². The number of hydrogen-bond donors (Lipinski definition) is 2. The molecule has 15 heavy (non-hydrogen) atoms. The number of phenols is 1. The van der Waals surface area contributed by atoms with Crippen LogP contribution in [0.4, 0.5) is 0 Å². The summed E-state index contributed by atoms with van der Waals surface area (Å²) in [5.41, 5.74) is 6.60. The third-order valence-electron chi connectivity index (χ3n) is 2.16. The molecule has 4 heteroatoms. The molecular weight excluding hydrogens is 210 g/mol. The summed E-state index contributed by atoms with van der Waals surface area (Å²) >= 11 is 0. The Balaban J connectivity index is 2.51. The Morgan fingerprint density at radius 1 is 1.53 bits per heavy atom. The standard InChI is InChI=1S/C11H17NO2S/c1-2-10(12)8-15(14)7-9-4-3-5-11(13)6-9/h3-6,10,13H,2,7-8,12H2,1H3. The Kier molecular flexibility index (Phi) is 4.78. The van der Waals surface area contributed by atoms with Gasteiger partial charge in [-0.2, -0.15) is 0 Å². The third-order valence-corrected chi connectivity index (χ3v) is 3.62. The average Bonchev–Trinajstić information content (AvgIpc) is 2.17. The van der Waals surface area contributed by atoms with Crippen molar-refractivity contribution < 1.29 is 9.32 Å². The third kappa shape index (κ3) is 4.44. The Labute approximate surface area is 92.8 Å². The minimum atomic E-state index is -0.945. The monoisotopic (exact) mass is 227 g/mol. The lowest BCUT2D eigenvalue weighted by Crippen LogP contribution is -2.26. The predicted molar refractivity (Wildman–Crippen MR) is 63.1 cm³/mol. The molecule has 0 fully saturated rings. The molecule has 0 aliphatic heterocycles. The highest BCUT2D eigenvalue weighted by Crippen LogP contribution is 2.12. The fourth-order valence-corrected chi connectivity index (χ4v) is 2.63. The van der Waals surface area contributed by atoms with Crippen LogP contribution in [-0.4, -0.2) is 21.1 Å². The van der Waals surface area contributed by atoms with E-state index in [2.05, 4.69) is 0 Å². The minimum absolute atomic E-state index is 0.00291. The second-order valence-electron chi connectivity index (χ2n) is 3.59. The number of benzene rings is 1. The molecule has 0 spiro atoms. The lowest BCUT2D eigenvalue weighted by Gasteiger charge is -2.08. The van der Waals surface area contributed by atoms with Crippen LogP contribution in [0.3, 0.4) is 0 Å². The zero-order valence-corrected chi connectivity index (χ0v) is 9.67. The van der Waals surface area contributed by atoms with Gasteiger partial charge in [-0.1, -0.05) is 19.1 Å². The highest BCUT2D eigenvalue weighted by molar-refractivity contribution is 7.84. The van der Waals surface area contributed by atoms with E-state index >= 15 is 0 Å². The van der Waals surface area contributed by atoms with Crippen molar-refractivity contribution in [2.75, 3.05) is 5.75 Å². The second-order valence-corrected chi connectivity index (χ2v) is 5.09. The average molecular weight is 227 g/mol. The largest absolute Gasteiger partial charge is 0.508 e. The Hall–Kier alpha value is -0.870.